The molecule has 1 atom stereocenters. The highest BCUT2D eigenvalue weighted by Gasteiger charge is 2.27. The fourth-order valence-corrected chi connectivity index (χ4v) is 3.40. The average Bonchev–Trinajstić information content (AvgIpc) is 2.58. The summed E-state index contributed by atoms with van der Waals surface area (Å²) in [6, 6.07) is 10.9. The Morgan fingerprint density at radius 1 is 1.16 bits per heavy atom. The predicted octanol–water partition coefficient (Wildman–Crippen LogP) is 1.75. The molecule has 0 radical (unpaired) electrons. The molecule has 3 N–H and O–H groups in total. The quantitative estimate of drug-likeness (QED) is 0.863. The Bertz CT molecular complexity index is 683. The van der Waals surface area contributed by atoms with E-state index in [1.807, 2.05) is 13.0 Å². The Morgan fingerprint density at radius 2 is 1.92 bits per heavy atom. The zero-order valence-corrected chi connectivity index (χ0v) is 15.0. The summed E-state index contributed by atoms with van der Waals surface area (Å²) < 4.78 is 0. The lowest BCUT2D eigenvalue weighted by molar-refractivity contribution is 0.135. The average molecular weight is 341 g/mol. The van der Waals surface area contributed by atoms with Crippen LogP contribution in [-0.4, -0.2) is 52.3 Å². The summed E-state index contributed by atoms with van der Waals surface area (Å²) >= 11 is 0. The van der Waals surface area contributed by atoms with E-state index in [9.17, 15) is 5.11 Å². The number of anilines is 2. The normalized spacial score (nSPS) is 18.5. The summed E-state index contributed by atoms with van der Waals surface area (Å²) in [5.74, 6) is 1.19. The number of hydrogen-bond acceptors (Lipinski definition) is 6. The first-order valence-electron chi connectivity index (χ1n) is 8.81. The van der Waals surface area contributed by atoms with Crippen molar-refractivity contribution < 1.29 is 5.11 Å². The number of rotatable bonds is 5. The summed E-state index contributed by atoms with van der Waals surface area (Å²) in [7, 11) is 0. The lowest BCUT2D eigenvalue weighted by atomic mass is 10.1. The van der Waals surface area contributed by atoms with Crippen LogP contribution in [0.5, 0.6) is 0 Å². The topological polar surface area (TPSA) is 78.5 Å². The molecule has 1 aromatic carbocycles. The van der Waals surface area contributed by atoms with E-state index >= 15 is 0 Å². The lowest BCUT2D eigenvalue weighted by Gasteiger charge is -2.42. The summed E-state index contributed by atoms with van der Waals surface area (Å²) in [5.41, 5.74) is 9.26. The predicted molar refractivity (Wildman–Crippen MR) is 100 cm³/mol. The number of aliphatic hydroxyl groups is 1. The van der Waals surface area contributed by atoms with E-state index in [0.29, 0.717) is 5.95 Å². The summed E-state index contributed by atoms with van der Waals surface area (Å²) in [6.07, 6.45) is 0.752. The highest BCUT2D eigenvalue weighted by molar-refractivity contribution is 5.44. The number of aryl methyl sites for hydroxylation is 2. The van der Waals surface area contributed by atoms with E-state index in [2.05, 4.69) is 51.0 Å². The van der Waals surface area contributed by atoms with Crippen LogP contribution < -0.4 is 10.6 Å². The molecule has 1 aliphatic rings. The molecule has 1 aromatic heterocycles. The van der Waals surface area contributed by atoms with Crippen molar-refractivity contribution in [3.63, 3.8) is 0 Å². The first-order valence-corrected chi connectivity index (χ1v) is 8.81. The largest absolute Gasteiger partial charge is 0.396 e. The Labute approximate surface area is 149 Å². The van der Waals surface area contributed by atoms with Crippen molar-refractivity contribution in [3.05, 3.63) is 47.2 Å². The van der Waals surface area contributed by atoms with Gasteiger partial charge in [0.1, 0.15) is 5.82 Å². The molecule has 0 aliphatic carbocycles. The van der Waals surface area contributed by atoms with Gasteiger partial charge in [-0.3, -0.25) is 4.90 Å². The molecule has 1 fully saturated rings. The molecule has 0 bridgehead atoms. The molecule has 3 rings (SSSR count). The maximum Gasteiger partial charge on any atom is 0.222 e. The van der Waals surface area contributed by atoms with Crippen LogP contribution in [0.3, 0.4) is 0 Å². The summed E-state index contributed by atoms with van der Waals surface area (Å²) in [6.45, 7) is 7.79. The minimum atomic E-state index is 0.188. The highest BCUT2D eigenvalue weighted by atomic mass is 16.3. The zero-order valence-electron chi connectivity index (χ0n) is 15.0. The van der Waals surface area contributed by atoms with Crippen LogP contribution >= 0.6 is 0 Å². The van der Waals surface area contributed by atoms with E-state index in [0.717, 1.165) is 44.1 Å². The number of aliphatic hydroxyl groups excluding tert-OH is 1. The van der Waals surface area contributed by atoms with E-state index < -0.39 is 0 Å². The Hall–Kier alpha value is -2.18. The maximum absolute atomic E-state index is 9.49. The van der Waals surface area contributed by atoms with Crippen molar-refractivity contribution in [2.24, 2.45) is 0 Å². The number of nitrogens with two attached hydrogens (primary N) is 1. The van der Waals surface area contributed by atoms with Gasteiger partial charge in [-0.05, 0) is 25.8 Å². The van der Waals surface area contributed by atoms with Gasteiger partial charge >= 0.3 is 0 Å². The standard InChI is InChI=1S/C19H27N5O/c1-14-3-5-16(6-4-14)12-23-8-9-24(13-17(23)7-10-25)18-11-15(2)21-19(20)22-18/h3-6,11,17,25H,7-10,12-13H2,1-2H3,(H2,20,21,22). The first-order chi connectivity index (χ1) is 12.0. The SMILES string of the molecule is Cc1ccc(CN2CCN(c3cc(C)nc(N)n3)CC2CCO)cc1. The van der Waals surface area contributed by atoms with Crippen molar-refractivity contribution in [2.75, 3.05) is 36.9 Å². The monoisotopic (exact) mass is 341 g/mol. The van der Waals surface area contributed by atoms with Crippen LogP contribution in [0.25, 0.3) is 0 Å². The molecule has 0 spiro atoms. The van der Waals surface area contributed by atoms with Gasteiger partial charge in [-0.15, -0.1) is 0 Å². The number of piperazine rings is 1. The first kappa shape index (κ1) is 17.6. The minimum absolute atomic E-state index is 0.188. The van der Waals surface area contributed by atoms with Crippen LogP contribution in [0.1, 0.15) is 23.2 Å². The number of hydrogen-bond donors (Lipinski definition) is 2. The lowest BCUT2D eigenvalue weighted by Crippen LogP contribution is -2.53. The van der Waals surface area contributed by atoms with Gasteiger partial charge in [-0.25, -0.2) is 4.98 Å². The molecule has 1 unspecified atom stereocenters. The molecule has 6 nitrogen and oxygen atoms in total. The van der Waals surface area contributed by atoms with Gasteiger partial charge in [0, 0.05) is 50.6 Å². The molecule has 0 amide bonds. The second-order valence-electron chi connectivity index (χ2n) is 6.79. The number of nitrogens with zero attached hydrogens (tertiary/aromatic N) is 4. The van der Waals surface area contributed by atoms with Gasteiger partial charge in [0.15, 0.2) is 0 Å². The Balaban J connectivity index is 1.72. The van der Waals surface area contributed by atoms with Crippen LogP contribution in [0.4, 0.5) is 11.8 Å². The summed E-state index contributed by atoms with van der Waals surface area (Å²) in [5, 5.41) is 9.49. The van der Waals surface area contributed by atoms with Crippen LogP contribution in [0.2, 0.25) is 0 Å². The van der Waals surface area contributed by atoms with Crippen molar-refractivity contribution in [1.82, 2.24) is 14.9 Å². The zero-order chi connectivity index (χ0) is 17.8. The number of benzene rings is 1. The molecule has 0 saturated carbocycles. The smallest absolute Gasteiger partial charge is 0.222 e. The third-order valence-electron chi connectivity index (χ3n) is 4.76. The fourth-order valence-electron chi connectivity index (χ4n) is 3.40. The molecule has 25 heavy (non-hydrogen) atoms. The van der Waals surface area contributed by atoms with E-state index in [-0.39, 0.29) is 12.6 Å². The van der Waals surface area contributed by atoms with Gasteiger partial charge in [0.2, 0.25) is 5.95 Å². The molecule has 134 valence electrons. The summed E-state index contributed by atoms with van der Waals surface area (Å²) in [4.78, 5) is 13.2. The van der Waals surface area contributed by atoms with E-state index in [4.69, 9.17) is 5.73 Å². The minimum Gasteiger partial charge on any atom is -0.396 e. The molecule has 2 aromatic rings. The molecule has 6 heteroatoms. The second kappa shape index (κ2) is 7.80. The molecule has 1 aliphatic heterocycles. The Kier molecular flexibility index (Phi) is 5.50. The van der Waals surface area contributed by atoms with Gasteiger partial charge < -0.3 is 15.7 Å². The van der Waals surface area contributed by atoms with Crippen LogP contribution in [0.15, 0.2) is 30.3 Å². The molecular formula is C19H27N5O. The van der Waals surface area contributed by atoms with Crippen molar-refractivity contribution in [2.45, 2.75) is 32.9 Å². The molecule has 2 heterocycles. The van der Waals surface area contributed by atoms with E-state index in [1.165, 1.54) is 11.1 Å². The Morgan fingerprint density at radius 3 is 2.60 bits per heavy atom. The molecule has 1 saturated heterocycles. The highest BCUT2D eigenvalue weighted by Crippen LogP contribution is 2.22. The van der Waals surface area contributed by atoms with Crippen molar-refractivity contribution in [3.8, 4) is 0 Å². The van der Waals surface area contributed by atoms with Crippen LogP contribution in [-0.2, 0) is 6.54 Å². The fraction of sp³-hybridized carbons (Fsp3) is 0.474. The maximum atomic E-state index is 9.49. The van der Waals surface area contributed by atoms with Crippen LogP contribution in [0, 0.1) is 13.8 Å². The second-order valence-corrected chi connectivity index (χ2v) is 6.79. The molecular weight excluding hydrogens is 314 g/mol. The third-order valence-corrected chi connectivity index (χ3v) is 4.76. The van der Waals surface area contributed by atoms with Gasteiger partial charge in [-0.1, -0.05) is 29.8 Å². The van der Waals surface area contributed by atoms with Crippen molar-refractivity contribution in [1.29, 1.82) is 0 Å². The van der Waals surface area contributed by atoms with Gasteiger partial charge in [-0.2, -0.15) is 4.98 Å². The third kappa shape index (κ3) is 4.46. The number of aromatic nitrogens is 2. The van der Waals surface area contributed by atoms with Gasteiger partial charge in [0.05, 0.1) is 0 Å². The van der Waals surface area contributed by atoms with E-state index in [1.54, 1.807) is 0 Å². The van der Waals surface area contributed by atoms with Gasteiger partial charge in [0.25, 0.3) is 0 Å². The van der Waals surface area contributed by atoms with Crippen molar-refractivity contribution >= 4 is 11.8 Å². The number of nitrogen functional groups attached to an aromatic ring is 1.